The fourth-order valence-electron chi connectivity index (χ4n) is 2.66. The topological polar surface area (TPSA) is 52.8 Å². The molecular weight excluding hydrogens is 356 g/mol. The fourth-order valence-corrected chi connectivity index (χ4v) is 4.41. The van der Waals surface area contributed by atoms with E-state index in [2.05, 4.69) is 11.9 Å². The van der Waals surface area contributed by atoms with Crippen LogP contribution in [0.3, 0.4) is 0 Å². The lowest BCUT2D eigenvalue weighted by Gasteiger charge is -2.00. The van der Waals surface area contributed by atoms with Gasteiger partial charge >= 0.3 is 0 Å². The first-order valence-corrected chi connectivity index (χ1v) is 9.67. The van der Waals surface area contributed by atoms with E-state index in [9.17, 15) is 4.79 Å². The summed E-state index contributed by atoms with van der Waals surface area (Å²) >= 11 is 3.17. The second kappa shape index (κ2) is 6.57. The van der Waals surface area contributed by atoms with Gasteiger partial charge in [0.2, 0.25) is 6.79 Å². The van der Waals surface area contributed by atoms with Crippen LogP contribution in [0.5, 0.6) is 11.5 Å². The Morgan fingerprint density at radius 2 is 2.08 bits per heavy atom. The Labute approximate surface area is 152 Å². The summed E-state index contributed by atoms with van der Waals surface area (Å²) in [7, 11) is 1.90. The molecule has 0 saturated heterocycles. The van der Waals surface area contributed by atoms with Crippen molar-refractivity contribution in [1.29, 1.82) is 0 Å². The van der Waals surface area contributed by atoms with Crippen molar-refractivity contribution in [2.45, 2.75) is 11.8 Å². The molecule has 0 spiro atoms. The molecule has 128 valence electrons. The van der Waals surface area contributed by atoms with Crippen LogP contribution in [0.25, 0.3) is 10.2 Å². The molecule has 5 nitrogen and oxygen atoms in total. The van der Waals surface area contributed by atoms with Gasteiger partial charge in [-0.05, 0) is 24.0 Å². The Balaban J connectivity index is 1.75. The first-order valence-electron chi connectivity index (χ1n) is 7.87. The molecule has 2 heterocycles. The Morgan fingerprint density at radius 1 is 1.28 bits per heavy atom. The van der Waals surface area contributed by atoms with Gasteiger partial charge in [-0.25, -0.2) is 0 Å². The van der Waals surface area contributed by atoms with Crippen LogP contribution in [0.15, 0.2) is 46.3 Å². The van der Waals surface area contributed by atoms with E-state index in [0.717, 1.165) is 32.4 Å². The van der Waals surface area contributed by atoms with Crippen molar-refractivity contribution >= 4 is 39.2 Å². The van der Waals surface area contributed by atoms with Crippen molar-refractivity contribution in [3.63, 3.8) is 0 Å². The van der Waals surface area contributed by atoms with Gasteiger partial charge in [0.1, 0.15) is 0 Å². The minimum atomic E-state index is -0.235. The average Bonchev–Trinajstić information content (AvgIpc) is 3.18. The van der Waals surface area contributed by atoms with Gasteiger partial charge in [-0.15, -0.1) is 11.8 Å². The van der Waals surface area contributed by atoms with Crippen molar-refractivity contribution in [3.8, 4) is 11.5 Å². The van der Waals surface area contributed by atoms with Crippen LogP contribution >= 0.6 is 23.1 Å². The molecule has 4 rings (SSSR count). The van der Waals surface area contributed by atoms with Crippen molar-refractivity contribution in [2.75, 3.05) is 12.5 Å². The number of benzene rings is 2. The number of carbonyl (C=O) groups excluding carboxylic acids is 1. The van der Waals surface area contributed by atoms with Crippen molar-refractivity contribution in [2.24, 2.45) is 12.0 Å². The number of rotatable bonds is 3. The minimum absolute atomic E-state index is 0.235. The smallest absolute Gasteiger partial charge is 0.279 e. The number of aryl methyl sites for hydroxylation is 1. The van der Waals surface area contributed by atoms with Crippen LogP contribution in [0.4, 0.5) is 0 Å². The third-order valence-electron chi connectivity index (χ3n) is 3.89. The monoisotopic (exact) mass is 372 g/mol. The third kappa shape index (κ3) is 3.05. The summed E-state index contributed by atoms with van der Waals surface area (Å²) in [5, 5.41) is 0. The Hall–Kier alpha value is -2.25. The highest BCUT2D eigenvalue weighted by molar-refractivity contribution is 7.99. The maximum Gasteiger partial charge on any atom is 0.279 e. The van der Waals surface area contributed by atoms with Gasteiger partial charge in [0.15, 0.2) is 16.3 Å². The predicted octanol–water partition coefficient (Wildman–Crippen LogP) is 3.82. The van der Waals surface area contributed by atoms with Crippen molar-refractivity contribution in [1.82, 2.24) is 4.57 Å². The molecule has 0 unspecified atom stereocenters. The van der Waals surface area contributed by atoms with E-state index in [4.69, 9.17) is 9.47 Å². The molecule has 0 atom stereocenters. The summed E-state index contributed by atoms with van der Waals surface area (Å²) in [6.45, 7) is 2.34. The molecule has 0 bridgehead atoms. The number of carbonyl (C=O) groups is 1. The molecule has 0 aliphatic carbocycles. The zero-order valence-corrected chi connectivity index (χ0v) is 15.4. The minimum Gasteiger partial charge on any atom is -0.454 e. The van der Waals surface area contributed by atoms with Crippen molar-refractivity contribution < 1.29 is 14.3 Å². The van der Waals surface area contributed by atoms with Gasteiger partial charge in [0.25, 0.3) is 5.91 Å². The van der Waals surface area contributed by atoms with Gasteiger partial charge in [0, 0.05) is 29.6 Å². The summed E-state index contributed by atoms with van der Waals surface area (Å²) in [5.41, 5.74) is 1.57. The first-order chi connectivity index (χ1) is 12.2. The lowest BCUT2D eigenvalue weighted by Crippen LogP contribution is -2.13. The maximum atomic E-state index is 12.6. The van der Waals surface area contributed by atoms with Crippen LogP contribution < -0.4 is 14.3 Å². The number of aromatic nitrogens is 1. The van der Waals surface area contributed by atoms with Crippen LogP contribution in [0.1, 0.15) is 17.3 Å². The van der Waals surface area contributed by atoms with E-state index in [1.54, 1.807) is 17.8 Å². The highest BCUT2D eigenvalue weighted by Crippen LogP contribution is 2.36. The molecule has 7 heteroatoms. The summed E-state index contributed by atoms with van der Waals surface area (Å²) < 4.78 is 13.8. The predicted molar refractivity (Wildman–Crippen MR) is 99.7 cm³/mol. The third-order valence-corrected chi connectivity index (χ3v) is 5.86. The van der Waals surface area contributed by atoms with E-state index in [1.807, 2.05) is 41.9 Å². The molecule has 1 aliphatic heterocycles. The Morgan fingerprint density at radius 3 is 2.88 bits per heavy atom. The molecule has 2 aromatic carbocycles. The van der Waals surface area contributed by atoms with Gasteiger partial charge in [0.05, 0.1) is 10.2 Å². The zero-order valence-electron chi connectivity index (χ0n) is 13.8. The van der Waals surface area contributed by atoms with E-state index in [1.165, 1.54) is 11.3 Å². The summed E-state index contributed by atoms with van der Waals surface area (Å²) in [6.07, 6.45) is 0. The standard InChI is InChI=1S/C18H16N2O3S2/c1-3-24-12-6-4-5-11(7-12)17(21)19-18-20(2)13-8-14-15(23-10-22-14)9-16(13)25-18/h4-9H,3,10H2,1-2H3. The molecule has 1 aromatic heterocycles. The van der Waals surface area contributed by atoms with E-state index in [-0.39, 0.29) is 12.7 Å². The molecule has 1 amide bonds. The fraction of sp³-hybridized carbons (Fsp3) is 0.222. The normalized spacial score (nSPS) is 13.6. The molecule has 0 fully saturated rings. The number of fused-ring (bicyclic) bond motifs is 2. The maximum absolute atomic E-state index is 12.6. The number of hydrogen-bond acceptors (Lipinski definition) is 5. The number of nitrogens with zero attached hydrogens (tertiary/aromatic N) is 2. The van der Waals surface area contributed by atoms with Crippen LogP contribution in [0, 0.1) is 0 Å². The molecular formula is C18H16N2O3S2. The highest BCUT2D eigenvalue weighted by Gasteiger charge is 2.17. The van der Waals surface area contributed by atoms with E-state index < -0.39 is 0 Å². The molecule has 0 N–H and O–H groups in total. The van der Waals surface area contributed by atoms with Crippen molar-refractivity contribution in [3.05, 3.63) is 46.8 Å². The molecule has 1 aliphatic rings. The van der Waals surface area contributed by atoms with Gasteiger partial charge in [-0.3, -0.25) is 4.79 Å². The van der Waals surface area contributed by atoms with Gasteiger partial charge < -0.3 is 14.0 Å². The number of thiazole rings is 1. The average molecular weight is 372 g/mol. The number of amides is 1. The second-order valence-electron chi connectivity index (χ2n) is 5.49. The number of ether oxygens (including phenoxy) is 2. The summed E-state index contributed by atoms with van der Waals surface area (Å²) in [5.74, 6) is 2.19. The number of hydrogen-bond donors (Lipinski definition) is 0. The Bertz CT molecular complexity index is 1040. The number of thioether (sulfide) groups is 1. The largest absolute Gasteiger partial charge is 0.454 e. The van der Waals surface area contributed by atoms with Crippen LogP contribution in [0.2, 0.25) is 0 Å². The van der Waals surface area contributed by atoms with E-state index in [0.29, 0.717) is 10.4 Å². The highest BCUT2D eigenvalue weighted by atomic mass is 32.2. The molecule has 3 aromatic rings. The summed E-state index contributed by atoms with van der Waals surface area (Å²) in [4.78, 5) is 18.6. The summed E-state index contributed by atoms with van der Waals surface area (Å²) in [6, 6.07) is 11.5. The molecule has 0 radical (unpaired) electrons. The lowest BCUT2D eigenvalue weighted by molar-refractivity contribution is 0.0997. The van der Waals surface area contributed by atoms with Crippen LogP contribution in [-0.2, 0) is 7.05 Å². The Kier molecular flexibility index (Phi) is 4.27. The van der Waals surface area contributed by atoms with Gasteiger partial charge in [-0.1, -0.05) is 24.3 Å². The first kappa shape index (κ1) is 16.2. The SMILES string of the molecule is CCSc1cccc(C(=O)N=c2sc3cc4c(cc3n2C)OCO4)c1. The zero-order chi connectivity index (χ0) is 17.4. The quantitative estimate of drug-likeness (QED) is 0.656. The molecule has 0 saturated carbocycles. The second-order valence-corrected chi connectivity index (χ2v) is 7.84. The van der Waals surface area contributed by atoms with Gasteiger partial charge in [-0.2, -0.15) is 4.99 Å². The molecule has 25 heavy (non-hydrogen) atoms. The van der Waals surface area contributed by atoms with E-state index >= 15 is 0 Å². The lowest BCUT2D eigenvalue weighted by atomic mass is 10.2. The van der Waals surface area contributed by atoms with Crippen LogP contribution in [-0.4, -0.2) is 23.0 Å².